The van der Waals surface area contributed by atoms with Gasteiger partial charge in [-0.05, 0) is 36.6 Å². The molecule has 0 radical (unpaired) electrons. The van der Waals surface area contributed by atoms with Gasteiger partial charge in [0.1, 0.15) is 5.82 Å². The highest BCUT2D eigenvalue weighted by Gasteiger charge is 2.16. The molecule has 0 saturated carbocycles. The van der Waals surface area contributed by atoms with E-state index in [9.17, 15) is 4.39 Å². The summed E-state index contributed by atoms with van der Waals surface area (Å²) in [5.74, 6) is 0.612. The van der Waals surface area contributed by atoms with E-state index < -0.39 is 0 Å². The molecule has 84 valence electrons. The first-order valence-electron chi connectivity index (χ1n) is 5.62. The first kappa shape index (κ1) is 12.2. The van der Waals surface area contributed by atoms with Gasteiger partial charge in [0, 0.05) is 0 Å². The van der Waals surface area contributed by atoms with E-state index in [-0.39, 0.29) is 11.7 Å². The maximum absolute atomic E-state index is 13.5. The van der Waals surface area contributed by atoms with Crippen LogP contribution in [0, 0.1) is 11.7 Å². The van der Waals surface area contributed by atoms with Crippen LogP contribution in [0.2, 0.25) is 0 Å². The van der Waals surface area contributed by atoms with Crippen LogP contribution in [0.1, 0.15) is 32.3 Å². The van der Waals surface area contributed by atoms with Crippen molar-refractivity contribution in [1.29, 1.82) is 0 Å². The molecule has 0 bridgehead atoms. The van der Waals surface area contributed by atoms with Gasteiger partial charge in [0.2, 0.25) is 0 Å². The van der Waals surface area contributed by atoms with Crippen molar-refractivity contribution in [3.8, 4) is 0 Å². The van der Waals surface area contributed by atoms with Gasteiger partial charge in [-0.3, -0.25) is 0 Å². The molecule has 0 amide bonds. The van der Waals surface area contributed by atoms with Gasteiger partial charge in [0.15, 0.2) is 0 Å². The summed E-state index contributed by atoms with van der Waals surface area (Å²) in [6.45, 7) is 8.22. The number of halogens is 1. The smallest absolute Gasteiger partial charge is 0.126 e. The maximum atomic E-state index is 13.5. The van der Waals surface area contributed by atoms with E-state index in [2.05, 4.69) is 26.1 Å². The normalized spacial score (nSPS) is 14.9. The molecule has 1 nitrogen and oxygen atoms in total. The number of nitrogens with one attached hydrogen (secondary N) is 1. The van der Waals surface area contributed by atoms with Gasteiger partial charge in [0.05, 0.1) is 0 Å². The van der Waals surface area contributed by atoms with E-state index in [0.29, 0.717) is 5.92 Å². The maximum Gasteiger partial charge on any atom is 0.126 e. The molecule has 0 saturated heterocycles. The molecule has 0 heterocycles. The third-order valence-electron chi connectivity index (χ3n) is 2.97. The molecule has 0 fully saturated rings. The number of hydrogen-bond acceptors (Lipinski definition) is 1. The summed E-state index contributed by atoms with van der Waals surface area (Å²) < 4.78 is 13.5. The lowest BCUT2D eigenvalue weighted by molar-refractivity contribution is 0.439. The average Bonchev–Trinajstić information content (AvgIpc) is 2.25. The van der Waals surface area contributed by atoms with Crippen LogP contribution in [-0.2, 0) is 0 Å². The van der Waals surface area contributed by atoms with Crippen molar-refractivity contribution in [2.45, 2.75) is 26.7 Å². The Morgan fingerprint density at radius 1 is 1.27 bits per heavy atom. The van der Waals surface area contributed by atoms with E-state index in [1.54, 1.807) is 6.07 Å². The zero-order chi connectivity index (χ0) is 11.3. The van der Waals surface area contributed by atoms with Gasteiger partial charge < -0.3 is 5.32 Å². The molecule has 1 rings (SSSR count). The Hall–Kier alpha value is -0.890. The molecule has 0 aliphatic carbocycles. The highest BCUT2D eigenvalue weighted by atomic mass is 19.1. The third-order valence-corrected chi connectivity index (χ3v) is 2.97. The predicted molar refractivity (Wildman–Crippen MR) is 62.5 cm³/mol. The molecule has 1 N–H and O–H groups in total. The molecule has 0 aromatic heterocycles. The minimum absolute atomic E-state index is 0.0895. The largest absolute Gasteiger partial charge is 0.317 e. The Balaban J connectivity index is 2.67. The molecular weight excluding hydrogens is 189 g/mol. The molecule has 1 aromatic rings. The van der Waals surface area contributed by atoms with Crippen molar-refractivity contribution in [3.05, 3.63) is 35.6 Å². The number of hydrogen-bond donors (Lipinski definition) is 1. The monoisotopic (exact) mass is 209 g/mol. The first-order valence-corrected chi connectivity index (χ1v) is 5.62. The third kappa shape index (κ3) is 3.31. The molecular formula is C13H20FN. The van der Waals surface area contributed by atoms with Crippen molar-refractivity contribution in [2.24, 2.45) is 5.92 Å². The Morgan fingerprint density at radius 3 is 2.53 bits per heavy atom. The summed E-state index contributed by atoms with van der Waals surface area (Å²) in [4.78, 5) is 0. The zero-order valence-electron chi connectivity index (χ0n) is 9.76. The fourth-order valence-corrected chi connectivity index (χ4v) is 1.70. The summed E-state index contributed by atoms with van der Waals surface area (Å²) in [5, 5.41) is 3.30. The van der Waals surface area contributed by atoms with Crippen molar-refractivity contribution < 1.29 is 4.39 Å². The van der Waals surface area contributed by atoms with Crippen molar-refractivity contribution >= 4 is 0 Å². The first-order chi connectivity index (χ1) is 7.16. The van der Waals surface area contributed by atoms with Crippen LogP contribution in [0.4, 0.5) is 4.39 Å². The van der Waals surface area contributed by atoms with Gasteiger partial charge in [-0.2, -0.15) is 0 Å². The van der Waals surface area contributed by atoms with Gasteiger partial charge in [-0.1, -0.05) is 39.0 Å². The van der Waals surface area contributed by atoms with Crippen LogP contribution in [-0.4, -0.2) is 13.1 Å². The topological polar surface area (TPSA) is 12.0 Å². The van der Waals surface area contributed by atoms with Crippen LogP contribution in [0.25, 0.3) is 0 Å². The Morgan fingerprint density at radius 2 is 1.93 bits per heavy atom. The fourth-order valence-electron chi connectivity index (χ4n) is 1.70. The highest BCUT2D eigenvalue weighted by molar-refractivity contribution is 5.21. The van der Waals surface area contributed by atoms with Crippen LogP contribution < -0.4 is 5.32 Å². The second-order valence-electron chi connectivity index (χ2n) is 4.10. The number of rotatable bonds is 5. The van der Waals surface area contributed by atoms with E-state index in [0.717, 1.165) is 18.7 Å². The summed E-state index contributed by atoms with van der Waals surface area (Å²) in [6.07, 6.45) is 0. The Kier molecular flexibility index (Phi) is 4.76. The minimum Gasteiger partial charge on any atom is -0.317 e. The lowest BCUT2D eigenvalue weighted by atomic mass is 9.88. The standard InChI is InChI=1S/C13H20FN/c1-4-15-9-10(2)11(3)12-7-5-6-8-13(12)14/h5-8,10-11,15H,4,9H2,1-3H3. The predicted octanol–water partition coefficient (Wildman–Crippen LogP) is 3.17. The molecule has 2 unspecified atom stereocenters. The number of benzene rings is 1. The zero-order valence-corrected chi connectivity index (χ0v) is 9.76. The van der Waals surface area contributed by atoms with Crippen LogP contribution in [0.3, 0.4) is 0 Å². The van der Waals surface area contributed by atoms with E-state index >= 15 is 0 Å². The Labute approximate surface area is 91.7 Å². The summed E-state index contributed by atoms with van der Waals surface area (Å²) in [7, 11) is 0. The van der Waals surface area contributed by atoms with E-state index in [4.69, 9.17) is 0 Å². The van der Waals surface area contributed by atoms with Crippen molar-refractivity contribution in [3.63, 3.8) is 0 Å². The highest BCUT2D eigenvalue weighted by Crippen LogP contribution is 2.25. The average molecular weight is 209 g/mol. The van der Waals surface area contributed by atoms with Crippen LogP contribution in [0.5, 0.6) is 0 Å². The van der Waals surface area contributed by atoms with Crippen LogP contribution >= 0.6 is 0 Å². The summed E-state index contributed by atoms with van der Waals surface area (Å²) in [6, 6.07) is 7.05. The van der Waals surface area contributed by atoms with Gasteiger partial charge in [-0.25, -0.2) is 4.39 Å². The lowest BCUT2D eigenvalue weighted by Crippen LogP contribution is -2.24. The van der Waals surface area contributed by atoms with Gasteiger partial charge >= 0.3 is 0 Å². The molecule has 2 heteroatoms. The molecule has 0 spiro atoms. The SMILES string of the molecule is CCNCC(C)C(C)c1ccccc1F. The van der Waals surface area contributed by atoms with Crippen LogP contribution in [0.15, 0.2) is 24.3 Å². The van der Waals surface area contributed by atoms with E-state index in [1.807, 2.05) is 12.1 Å². The molecule has 0 aliphatic heterocycles. The minimum atomic E-state index is -0.0895. The summed E-state index contributed by atoms with van der Waals surface area (Å²) >= 11 is 0. The quantitative estimate of drug-likeness (QED) is 0.785. The molecule has 0 aliphatic rings. The van der Waals surface area contributed by atoms with E-state index in [1.165, 1.54) is 6.07 Å². The van der Waals surface area contributed by atoms with Gasteiger partial charge in [-0.15, -0.1) is 0 Å². The molecule has 15 heavy (non-hydrogen) atoms. The Bertz CT molecular complexity index is 298. The summed E-state index contributed by atoms with van der Waals surface area (Å²) in [5.41, 5.74) is 0.822. The van der Waals surface area contributed by atoms with Crippen molar-refractivity contribution in [2.75, 3.05) is 13.1 Å². The fraction of sp³-hybridized carbons (Fsp3) is 0.538. The van der Waals surface area contributed by atoms with Crippen molar-refractivity contribution in [1.82, 2.24) is 5.32 Å². The second kappa shape index (κ2) is 5.86. The lowest BCUT2D eigenvalue weighted by Gasteiger charge is -2.20. The molecule has 2 atom stereocenters. The molecule has 1 aromatic carbocycles. The second-order valence-corrected chi connectivity index (χ2v) is 4.10. The van der Waals surface area contributed by atoms with Gasteiger partial charge in [0.25, 0.3) is 0 Å².